The van der Waals surface area contributed by atoms with Gasteiger partial charge in [-0.15, -0.1) is 0 Å². The van der Waals surface area contributed by atoms with Gasteiger partial charge in [-0.3, -0.25) is 0 Å². The molecular formula is C10H15NS3. The third-order valence-corrected chi connectivity index (χ3v) is 5.44. The van der Waals surface area contributed by atoms with E-state index in [2.05, 4.69) is 45.7 Å². The maximum absolute atomic E-state index is 3.63. The van der Waals surface area contributed by atoms with Crippen LogP contribution in [0.15, 0.2) is 16.8 Å². The molecule has 1 saturated heterocycles. The van der Waals surface area contributed by atoms with Crippen molar-refractivity contribution < 1.29 is 0 Å². The quantitative estimate of drug-likeness (QED) is 0.879. The standard InChI is InChI=1S/C10H15NS3/c1-2-12-6-9(1)5-11-10-7-13-3-4-14-8-10/h1-2,6,10-11H,3-5,7-8H2. The van der Waals surface area contributed by atoms with Gasteiger partial charge in [-0.05, 0) is 22.4 Å². The van der Waals surface area contributed by atoms with E-state index in [1.807, 2.05) is 0 Å². The molecule has 1 aliphatic heterocycles. The molecule has 14 heavy (non-hydrogen) atoms. The van der Waals surface area contributed by atoms with Gasteiger partial charge in [0.1, 0.15) is 0 Å². The van der Waals surface area contributed by atoms with E-state index in [0.29, 0.717) is 6.04 Å². The number of hydrogen-bond acceptors (Lipinski definition) is 4. The highest BCUT2D eigenvalue weighted by Crippen LogP contribution is 2.17. The van der Waals surface area contributed by atoms with Crippen molar-refractivity contribution in [1.82, 2.24) is 5.32 Å². The molecule has 2 heterocycles. The lowest BCUT2D eigenvalue weighted by molar-refractivity contribution is 0.605. The molecule has 0 amide bonds. The van der Waals surface area contributed by atoms with Crippen molar-refractivity contribution in [2.45, 2.75) is 12.6 Å². The van der Waals surface area contributed by atoms with Crippen LogP contribution in [-0.4, -0.2) is 29.1 Å². The Morgan fingerprint density at radius 1 is 1.29 bits per heavy atom. The van der Waals surface area contributed by atoms with Crippen LogP contribution in [0.4, 0.5) is 0 Å². The molecule has 1 nitrogen and oxygen atoms in total. The van der Waals surface area contributed by atoms with Crippen molar-refractivity contribution in [1.29, 1.82) is 0 Å². The monoisotopic (exact) mass is 245 g/mol. The molecule has 0 aliphatic carbocycles. The summed E-state index contributed by atoms with van der Waals surface area (Å²) in [4.78, 5) is 0. The maximum atomic E-state index is 3.63. The first kappa shape index (κ1) is 10.9. The van der Waals surface area contributed by atoms with Crippen LogP contribution in [0.3, 0.4) is 0 Å². The second-order valence-electron chi connectivity index (χ2n) is 3.36. The molecule has 0 bridgehead atoms. The lowest BCUT2D eigenvalue weighted by atomic mass is 10.3. The fourth-order valence-corrected chi connectivity index (χ4v) is 4.52. The van der Waals surface area contributed by atoms with Crippen molar-refractivity contribution in [2.75, 3.05) is 23.0 Å². The minimum Gasteiger partial charge on any atom is -0.308 e. The van der Waals surface area contributed by atoms with E-state index in [-0.39, 0.29) is 0 Å². The molecular weight excluding hydrogens is 230 g/mol. The summed E-state index contributed by atoms with van der Waals surface area (Å²) in [5.74, 6) is 5.19. The Labute approximate surface area is 98.1 Å². The van der Waals surface area contributed by atoms with Crippen LogP contribution in [0, 0.1) is 0 Å². The van der Waals surface area contributed by atoms with Crippen molar-refractivity contribution in [3.63, 3.8) is 0 Å². The topological polar surface area (TPSA) is 12.0 Å². The van der Waals surface area contributed by atoms with Crippen LogP contribution >= 0.6 is 34.9 Å². The number of rotatable bonds is 3. The van der Waals surface area contributed by atoms with E-state index in [4.69, 9.17) is 0 Å². The molecule has 1 aromatic rings. The Morgan fingerprint density at radius 3 is 2.71 bits per heavy atom. The lowest BCUT2D eigenvalue weighted by Gasteiger charge is -2.14. The van der Waals surface area contributed by atoms with Crippen LogP contribution in [0.1, 0.15) is 5.56 Å². The Hall–Kier alpha value is 0.360. The first-order chi connectivity index (χ1) is 6.95. The van der Waals surface area contributed by atoms with Crippen LogP contribution in [-0.2, 0) is 6.54 Å². The molecule has 0 aromatic carbocycles. The van der Waals surface area contributed by atoms with E-state index >= 15 is 0 Å². The second-order valence-corrected chi connectivity index (χ2v) is 6.44. The lowest BCUT2D eigenvalue weighted by Crippen LogP contribution is -2.32. The summed E-state index contributed by atoms with van der Waals surface area (Å²) in [6.07, 6.45) is 0. The van der Waals surface area contributed by atoms with Gasteiger partial charge >= 0.3 is 0 Å². The molecule has 0 unspecified atom stereocenters. The number of thioether (sulfide) groups is 2. The summed E-state index contributed by atoms with van der Waals surface area (Å²) < 4.78 is 0. The number of thiophene rings is 1. The summed E-state index contributed by atoms with van der Waals surface area (Å²) in [5, 5.41) is 8.00. The largest absolute Gasteiger partial charge is 0.308 e. The van der Waals surface area contributed by atoms with Crippen LogP contribution < -0.4 is 5.32 Å². The van der Waals surface area contributed by atoms with E-state index in [9.17, 15) is 0 Å². The van der Waals surface area contributed by atoms with E-state index in [1.54, 1.807) is 11.3 Å². The highest BCUT2D eigenvalue weighted by atomic mass is 32.2. The average molecular weight is 245 g/mol. The number of hydrogen-bond donors (Lipinski definition) is 1. The van der Waals surface area contributed by atoms with Gasteiger partial charge in [0.05, 0.1) is 0 Å². The molecule has 0 radical (unpaired) electrons. The van der Waals surface area contributed by atoms with Gasteiger partial charge in [-0.2, -0.15) is 34.9 Å². The van der Waals surface area contributed by atoms with Crippen molar-refractivity contribution >= 4 is 34.9 Å². The summed E-state index contributed by atoms with van der Waals surface area (Å²) >= 11 is 5.94. The Morgan fingerprint density at radius 2 is 2.07 bits per heavy atom. The SMILES string of the molecule is c1cc(CNC2CSCCSC2)cs1. The van der Waals surface area contributed by atoms with Gasteiger partial charge in [-0.25, -0.2) is 0 Å². The Bertz CT molecular complexity index is 240. The van der Waals surface area contributed by atoms with Crippen molar-refractivity contribution in [3.8, 4) is 0 Å². The second kappa shape index (κ2) is 6.05. The van der Waals surface area contributed by atoms with Gasteiger partial charge in [0.15, 0.2) is 0 Å². The fourth-order valence-electron chi connectivity index (χ4n) is 1.39. The zero-order chi connectivity index (χ0) is 9.64. The zero-order valence-electron chi connectivity index (χ0n) is 8.07. The first-order valence-electron chi connectivity index (χ1n) is 4.85. The smallest absolute Gasteiger partial charge is 0.0252 e. The van der Waals surface area contributed by atoms with Gasteiger partial charge < -0.3 is 5.32 Å². The third-order valence-electron chi connectivity index (χ3n) is 2.19. The predicted octanol–water partition coefficient (Wildman–Crippen LogP) is 2.69. The van der Waals surface area contributed by atoms with Gasteiger partial charge in [0, 0.05) is 35.6 Å². The number of nitrogens with one attached hydrogen (secondary N) is 1. The fraction of sp³-hybridized carbons (Fsp3) is 0.600. The van der Waals surface area contributed by atoms with Gasteiger partial charge in [-0.1, -0.05) is 0 Å². The summed E-state index contributed by atoms with van der Waals surface area (Å²) in [6, 6.07) is 2.90. The van der Waals surface area contributed by atoms with Gasteiger partial charge in [0.2, 0.25) is 0 Å². The van der Waals surface area contributed by atoms with Gasteiger partial charge in [0.25, 0.3) is 0 Å². The molecule has 0 spiro atoms. The van der Waals surface area contributed by atoms with Crippen LogP contribution in [0.5, 0.6) is 0 Å². The average Bonchev–Trinajstić information content (AvgIpc) is 2.58. The molecule has 1 aliphatic rings. The molecule has 0 atom stereocenters. The normalized spacial score (nSPS) is 19.4. The Kier molecular flexibility index (Phi) is 4.70. The van der Waals surface area contributed by atoms with Crippen molar-refractivity contribution in [2.24, 2.45) is 0 Å². The molecule has 1 aromatic heterocycles. The summed E-state index contributed by atoms with van der Waals surface area (Å²) in [7, 11) is 0. The summed E-state index contributed by atoms with van der Waals surface area (Å²) in [6.45, 7) is 1.04. The molecule has 0 saturated carbocycles. The van der Waals surface area contributed by atoms with E-state index in [1.165, 1.54) is 28.6 Å². The van der Waals surface area contributed by atoms with Crippen LogP contribution in [0.25, 0.3) is 0 Å². The molecule has 78 valence electrons. The highest BCUT2D eigenvalue weighted by molar-refractivity contribution is 8.03. The van der Waals surface area contributed by atoms with E-state index in [0.717, 1.165) is 6.54 Å². The maximum Gasteiger partial charge on any atom is 0.0252 e. The van der Waals surface area contributed by atoms with Crippen molar-refractivity contribution in [3.05, 3.63) is 22.4 Å². The zero-order valence-corrected chi connectivity index (χ0v) is 10.5. The summed E-state index contributed by atoms with van der Waals surface area (Å²) in [5.41, 5.74) is 1.43. The first-order valence-corrected chi connectivity index (χ1v) is 8.10. The third kappa shape index (κ3) is 3.50. The molecule has 2 rings (SSSR count). The Balaban J connectivity index is 1.73. The molecule has 4 heteroatoms. The predicted molar refractivity (Wildman–Crippen MR) is 69.6 cm³/mol. The minimum absolute atomic E-state index is 0.701. The molecule has 1 fully saturated rings. The van der Waals surface area contributed by atoms with E-state index < -0.39 is 0 Å². The van der Waals surface area contributed by atoms with Crippen LogP contribution in [0.2, 0.25) is 0 Å². The highest BCUT2D eigenvalue weighted by Gasteiger charge is 2.11. The molecule has 1 N–H and O–H groups in total. The minimum atomic E-state index is 0.701.